The molecule has 0 atom stereocenters. The Kier molecular flexibility index (Phi) is 4.06. The van der Waals surface area contributed by atoms with Gasteiger partial charge in [0.1, 0.15) is 0 Å². The second-order valence-corrected chi connectivity index (χ2v) is 5.41. The lowest BCUT2D eigenvalue weighted by Crippen LogP contribution is -2.42. The van der Waals surface area contributed by atoms with E-state index in [0.717, 1.165) is 0 Å². The molecule has 0 saturated carbocycles. The molecule has 1 fully saturated rings. The Morgan fingerprint density at radius 1 is 1.12 bits per heavy atom. The fraction of sp³-hybridized carbons (Fsp3) is 0.600. The van der Waals surface area contributed by atoms with Crippen LogP contribution < -0.4 is 5.32 Å². The number of nitrogens with one attached hydrogen (secondary N) is 1. The van der Waals surface area contributed by atoms with E-state index in [0.29, 0.717) is 12.1 Å². The highest BCUT2D eigenvalue weighted by Crippen LogP contribution is 2.18. The van der Waals surface area contributed by atoms with Gasteiger partial charge in [0.25, 0.3) is 0 Å². The van der Waals surface area contributed by atoms with Crippen molar-refractivity contribution in [2.75, 3.05) is 18.4 Å². The summed E-state index contributed by atoms with van der Waals surface area (Å²) in [6.45, 7) is 9.15. The van der Waals surface area contributed by atoms with E-state index in [2.05, 4.69) is 55.3 Å². The summed E-state index contributed by atoms with van der Waals surface area (Å²) in [7, 11) is 0. The van der Waals surface area contributed by atoms with Crippen LogP contribution in [0.25, 0.3) is 0 Å². The van der Waals surface area contributed by atoms with Gasteiger partial charge in [-0.1, -0.05) is 17.7 Å². The van der Waals surface area contributed by atoms with Crippen LogP contribution in [0.15, 0.2) is 24.3 Å². The molecule has 0 spiro atoms. The minimum Gasteiger partial charge on any atom is -0.382 e. The van der Waals surface area contributed by atoms with E-state index in [-0.39, 0.29) is 0 Å². The smallest absolute Gasteiger partial charge is 0.0342 e. The van der Waals surface area contributed by atoms with Gasteiger partial charge in [0.15, 0.2) is 0 Å². The summed E-state index contributed by atoms with van der Waals surface area (Å²) < 4.78 is 0. The number of likely N-dealkylation sites (tertiary alicyclic amines) is 1. The van der Waals surface area contributed by atoms with Crippen LogP contribution in [-0.4, -0.2) is 30.1 Å². The van der Waals surface area contributed by atoms with Crippen molar-refractivity contribution in [2.45, 2.75) is 45.7 Å². The van der Waals surface area contributed by atoms with Gasteiger partial charge in [-0.2, -0.15) is 0 Å². The van der Waals surface area contributed by atoms with Crippen LogP contribution in [0.1, 0.15) is 32.3 Å². The number of benzene rings is 1. The van der Waals surface area contributed by atoms with E-state index < -0.39 is 0 Å². The van der Waals surface area contributed by atoms with Gasteiger partial charge in [0, 0.05) is 30.9 Å². The molecule has 17 heavy (non-hydrogen) atoms. The first kappa shape index (κ1) is 12.4. The number of hydrogen-bond acceptors (Lipinski definition) is 2. The van der Waals surface area contributed by atoms with Crippen molar-refractivity contribution in [2.24, 2.45) is 0 Å². The van der Waals surface area contributed by atoms with Gasteiger partial charge in [-0.3, -0.25) is 0 Å². The second-order valence-electron chi connectivity index (χ2n) is 5.41. The molecule has 1 aromatic carbocycles. The van der Waals surface area contributed by atoms with Gasteiger partial charge in [-0.05, 0) is 45.7 Å². The highest BCUT2D eigenvalue weighted by atomic mass is 15.2. The van der Waals surface area contributed by atoms with Crippen molar-refractivity contribution in [3.8, 4) is 0 Å². The van der Waals surface area contributed by atoms with E-state index in [1.807, 2.05) is 0 Å². The molecule has 1 aromatic rings. The van der Waals surface area contributed by atoms with Crippen LogP contribution >= 0.6 is 0 Å². The van der Waals surface area contributed by atoms with Gasteiger partial charge in [-0.15, -0.1) is 0 Å². The standard InChI is InChI=1S/C15H24N2/c1-12(2)17-10-8-15(9-11-17)16-14-6-4-13(3)5-7-14/h4-7,12,15-16H,8-11H2,1-3H3. The van der Waals surface area contributed by atoms with Gasteiger partial charge < -0.3 is 10.2 Å². The van der Waals surface area contributed by atoms with Crippen LogP contribution in [0.3, 0.4) is 0 Å². The summed E-state index contributed by atoms with van der Waals surface area (Å²) in [5, 5.41) is 3.64. The third-order valence-corrected chi connectivity index (χ3v) is 3.68. The molecule has 0 bridgehead atoms. The predicted molar refractivity (Wildman–Crippen MR) is 74.5 cm³/mol. The fourth-order valence-corrected chi connectivity index (χ4v) is 2.45. The Morgan fingerprint density at radius 2 is 1.71 bits per heavy atom. The SMILES string of the molecule is Cc1ccc(NC2CCN(C(C)C)CC2)cc1. The highest BCUT2D eigenvalue weighted by molar-refractivity contribution is 5.45. The number of aryl methyl sites for hydroxylation is 1. The topological polar surface area (TPSA) is 15.3 Å². The third kappa shape index (κ3) is 3.47. The Morgan fingerprint density at radius 3 is 2.24 bits per heavy atom. The zero-order chi connectivity index (χ0) is 12.3. The van der Waals surface area contributed by atoms with E-state index in [1.54, 1.807) is 0 Å². The minimum absolute atomic E-state index is 0.646. The molecule has 2 nitrogen and oxygen atoms in total. The third-order valence-electron chi connectivity index (χ3n) is 3.68. The maximum atomic E-state index is 3.64. The first-order chi connectivity index (χ1) is 8.15. The molecule has 1 aliphatic heterocycles. The molecule has 1 saturated heterocycles. The van der Waals surface area contributed by atoms with E-state index >= 15 is 0 Å². The summed E-state index contributed by atoms with van der Waals surface area (Å²) in [6, 6.07) is 10.0. The lowest BCUT2D eigenvalue weighted by molar-refractivity contribution is 0.177. The van der Waals surface area contributed by atoms with Gasteiger partial charge >= 0.3 is 0 Å². The Labute approximate surface area is 105 Å². The number of hydrogen-bond donors (Lipinski definition) is 1. The normalized spacial score (nSPS) is 18.6. The fourth-order valence-electron chi connectivity index (χ4n) is 2.45. The molecule has 2 rings (SSSR count). The molecule has 1 heterocycles. The van der Waals surface area contributed by atoms with Crippen LogP contribution in [0.4, 0.5) is 5.69 Å². The molecule has 0 aliphatic carbocycles. The van der Waals surface area contributed by atoms with E-state index in [1.165, 1.54) is 37.2 Å². The van der Waals surface area contributed by atoms with Crippen molar-refractivity contribution in [1.82, 2.24) is 4.90 Å². The van der Waals surface area contributed by atoms with Crippen LogP contribution in [0, 0.1) is 6.92 Å². The number of nitrogens with zero attached hydrogens (tertiary/aromatic N) is 1. The maximum Gasteiger partial charge on any atom is 0.0342 e. The molecule has 0 unspecified atom stereocenters. The first-order valence-corrected chi connectivity index (χ1v) is 6.72. The first-order valence-electron chi connectivity index (χ1n) is 6.72. The Bertz CT molecular complexity index is 334. The molecular formula is C15H24N2. The van der Waals surface area contributed by atoms with Gasteiger partial charge in [0.05, 0.1) is 0 Å². The summed E-state index contributed by atoms with van der Waals surface area (Å²) in [5.41, 5.74) is 2.59. The Hall–Kier alpha value is -1.02. The molecule has 1 N–H and O–H groups in total. The summed E-state index contributed by atoms with van der Waals surface area (Å²) >= 11 is 0. The van der Waals surface area contributed by atoms with Crippen molar-refractivity contribution < 1.29 is 0 Å². The number of anilines is 1. The molecule has 0 aromatic heterocycles. The second kappa shape index (κ2) is 5.54. The van der Waals surface area contributed by atoms with Crippen LogP contribution in [-0.2, 0) is 0 Å². The molecule has 0 radical (unpaired) electrons. The average molecular weight is 232 g/mol. The minimum atomic E-state index is 0.646. The summed E-state index contributed by atoms with van der Waals surface area (Å²) in [4.78, 5) is 2.56. The zero-order valence-corrected chi connectivity index (χ0v) is 11.2. The van der Waals surface area contributed by atoms with Gasteiger partial charge in [0.2, 0.25) is 0 Å². The molecule has 2 heteroatoms. The highest BCUT2D eigenvalue weighted by Gasteiger charge is 2.20. The van der Waals surface area contributed by atoms with Crippen molar-refractivity contribution >= 4 is 5.69 Å². The monoisotopic (exact) mass is 232 g/mol. The summed E-state index contributed by atoms with van der Waals surface area (Å²) in [6.07, 6.45) is 2.51. The summed E-state index contributed by atoms with van der Waals surface area (Å²) in [5.74, 6) is 0. The van der Waals surface area contributed by atoms with E-state index in [9.17, 15) is 0 Å². The number of piperidine rings is 1. The van der Waals surface area contributed by atoms with E-state index in [4.69, 9.17) is 0 Å². The molecule has 94 valence electrons. The van der Waals surface area contributed by atoms with Crippen molar-refractivity contribution in [3.63, 3.8) is 0 Å². The zero-order valence-electron chi connectivity index (χ0n) is 11.2. The quantitative estimate of drug-likeness (QED) is 0.860. The molecular weight excluding hydrogens is 208 g/mol. The lowest BCUT2D eigenvalue weighted by atomic mass is 10.0. The molecule has 0 amide bonds. The largest absolute Gasteiger partial charge is 0.382 e. The van der Waals surface area contributed by atoms with Crippen LogP contribution in [0.5, 0.6) is 0 Å². The lowest BCUT2D eigenvalue weighted by Gasteiger charge is -2.35. The number of rotatable bonds is 3. The van der Waals surface area contributed by atoms with Gasteiger partial charge in [-0.25, -0.2) is 0 Å². The Balaban J connectivity index is 1.84. The molecule has 1 aliphatic rings. The predicted octanol–water partition coefficient (Wildman–Crippen LogP) is 3.28. The maximum absolute atomic E-state index is 3.64. The van der Waals surface area contributed by atoms with Crippen LogP contribution in [0.2, 0.25) is 0 Å². The van der Waals surface area contributed by atoms with Crippen molar-refractivity contribution in [1.29, 1.82) is 0 Å². The van der Waals surface area contributed by atoms with Crippen molar-refractivity contribution in [3.05, 3.63) is 29.8 Å². The average Bonchev–Trinajstić information content (AvgIpc) is 2.33.